The molecule has 0 radical (unpaired) electrons. The Hall–Kier alpha value is -1.10. The lowest BCUT2D eigenvalue weighted by atomic mass is 10.2. The highest BCUT2D eigenvalue weighted by Crippen LogP contribution is 2.30. The third-order valence-electron chi connectivity index (χ3n) is 2.17. The number of nitrogens with two attached hydrogens (primary N) is 1. The fourth-order valence-electron chi connectivity index (χ4n) is 1.27. The highest BCUT2D eigenvalue weighted by Gasteiger charge is 2.27. The fourth-order valence-corrected chi connectivity index (χ4v) is 1.44. The molecule has 0 aliphatic heterocycles. The number of hydrogen-bond donors (Lipinski definition) is 1. The number of hydrogen-bond acceptors (Lipinski definition) is 2. The molecule has 1 aromatic rings. The third-order valence-corrected chi connectivity index (χ3v) is 2.50. The predicted molar refractivity (Wildman–Crippen MR) is 59.8 cm³/mol. The summed E-state index contributed by atoms with van der Waals surface area (Å²) in [6.07, 6.45) is -5.04. The summed E-state index contributed by atoms with van der Waals surface area (Å²) in [6, 6.07) is 4.88. The summed E-state index contributed by atoms with van der Waals surface area (Å²) < 4.78 is 36.1. The Balaban J connectivity index is 2.73. The molecular formula is C10H12ClF3N2. The van der Waals surface area contributed by atoms with Gasteiger partial charge in [-0.25, -0.2) is 0 Å². The van der Waals surface area contributed by atoms with Crippen molar-refractivity contribution in [1.82, 2.24) is 0 Å². The molecule has 0 saturated heterocycles. The number of rotatable bonds is 3. The van der Waals surface area contributed by atoms with Crippen molar-refractivity contribution in [2.45, 2.75) is 12.6 Å². The zero-order valence-corrected chi connectivity index (χ0v) is 9.44. The van der Waals surface area contributed by atoms with Crippen LogP contribution in [0, 0.1) is 0 Å². The number of para-hydroxylation sites is 1. The molecule has 0 aromatic heterocycles. The lowest BCUT2D eigenvalue weighted by molar-refractivity contribution is -0.132. The van der Waals surface area contributed by atoms with Gasteiger partial charge in [-0.1, -0.05) is 17.7 Å². The van der Waals surface area contributed by atoms with Crippen molar-refractivity contribution in [3.05, 3.63) is 23.2 Å². The molecule has 1 rings (SSSR count). The molecule has 0 amide bonds. The Kier molecular flexibility index (Phi) is 3.91. The minimum Gasteiger partial charge on any atom is -0.396 e. The van der Waals surface area contributed by atoms with E-state index in [-0.39, 0.29) is 6.54 Å². The van der Waals surface area contributed by atoms with E-state index >= 15 is 0 Å². The lowest BCUT2D eigenvalue weighted by Crippen LogP contribution is -2.24. The first kappa shape index (κ1) is 13.0. The predicted octanol–water partition coefficient (Wildman–Crippen LogP) is 3.31. The normalized spacial score (nSPS) is 11.6. The summed E-state index contributed by atoms with van der Waals surface area (Å²) >= 11 is 5.77. The number of benzene rings is 1. The van der Waals surface area contributed by atoms with E-state index < -0.39 is 12.6 Å². The van der Waals surface area contributed by atoms with Crippen LogP contribution in [0.1, 0.15) is 6.42 Å². The summed E-state index contributed by atoms with van der Waals surface area (Å²) in [7, 11) is 1.55. The van der Waals surface area contributed by atoms with E-state index in [2.05, 4.69) is 0 Å². The van der Waals surface area contributed by atoms with Gasteiger partial charge in [-0.15, -0.1) is 0 Å². The van der Waals surface area contributed by atoms with Crippen LogP contribution in [0.5, 0.6) is 0 Å². The first-order chi connectivity index (χ1) is 7.31. The molecule has 16 heavy (non-hydrogen) atoms. The Labute approximate surface area is 96.8 Å². The summed E-state index contributed by atoms with van der Waals surface area (Å²) in [5, 5.41) is 0.344. The first-order valence-corrected chi connectivity index (χ1v) is 5.01. The second-order valence-corrected chi connectivity index (χ2v) is 3.87. The molecule has 0 aliphatic rings. The van der Waals surface area contributed by atoms with Crippen molar-refractivity contribution in [3.63, 3.8) is 0 Å². The summed E-state index contributed by atoms with van der Waals surface area (Å²) in [5.41, 5.74) is 6.48. The van der Waals surface area contributed by atoms with Crippen LogP contribution in [0.15, 0.2) is 18.2 Å². The largest absolute Gasteiger partial charge is 0.396 e. The second-order valence-electron chi connectivity index (χ2n) is 3.46. The minimum atomic E-state index is -4.17. The van der Waals surface area contributed by atoms with Gasteiger partial charge in [0, 0.05) is 13.6 Å². The second kappa shape index (κ2) is 4.82. The van der Waals surface area contributed by atoms with E-state index in [1.807, 2.05) is 0 Å². The molecule has 0 atom stereocenters. The zero-order chi connectivity index (χ0) is 12.3. The van der Waals surface area contributed by atoms with Crippen LogP contribution in [0.25, 0.3) is 0 Å². The Morgan fingerprint density at radius 3 is 2.56 bits per heavy atom. The van der Waals surface area contributed by atoms with Crippen molar-refractivity contribution in [3.8, 4) is 0 Å². The van der Waals surface area contributed by atoms with Crippen LogP contribution >= 0.6 is 11.6 Å². The van der Waals surface area contributed by atoms with Crippen molar-refractivity contribution in [1.29, 1.82) is 0 Å². The van der Waals surface area contributed by atoms with Crippen LogP contribution < -0.4 is 10.6 Å². The fraction of sp³-hybridized carbons (Fsp3) is 0.400. The molecule has 2 nitrogen and oxygen atoms in total. The van der Waals surface area contributed by atoms with Crippen LogP contribution in [-0.2, 0) is 0 Å². The van der Waals surface area contributed by atoms with Gasteiger partial charge in [0.1, 0.15) is 0 Å². The number of halogens is 4. The summed E-state index contributed by atoms with van der Waals surface area (Å²) in [5.74, 6) is 0. The van der Waals surface area contributed by atoms with Gasteiger partial charge in [-0.05, 0) is 12.1 Å². The van der Waals surface area contributed by atoms with Gasteiger partial charge in [-0.3, -0.25) is 0 Å². The van der Waals surface area contributed by atoms with E-state index in [4.69, 9.17) is 17.3 Å². The monoisotopic (exact) mass is 252 g/mol. The maximum Gasteiger partial charge on any atom is 0.390 e. The molecule has 0 aliphatic carbocycles. The quantitative estimate of drug-likeness (QED) is 0.837. The summed E-state index contributed by atoms with van der Waals surface area (Å²) in [4.78, 5) is 1.44. The molecule has 0 heterocycles. The van der Waals surface area contributed by atoms with E-state index in [9.17, 15) is 13.2 Å². The molecule has 0 spiro atoms. The minimum absolute atomic E-state index is 0.145. The standard InChI is InChI=1S/C10H12ClF3N2/c1-16(6-5-10(12,13)14)8-4-2-3-7(11)9(8)15/h2-4H,5-6,15H2,1H3. The smallest absolute Gasteiger partial charge is 0.390 e. The number of nitrogens with zero attached hydrogens (tertiary/aromatic N) is 1. The van der Waals surface area contributed by atoms with E-state index in [1.54, 1.807) is 25.2 Å². The molecule has 0 bridgehead atoms. The topological polar surface area (TPSA) is 29.3 Å². The maximum absolute atomic E-state index is 12.0. The average molecular weight is 253 g/mol. The SMILES string of the molecule is CN(CCC(F)(F)F)c1cccc(Cl)c1N. The molecule has 0 saturated carbocycles. The average Bonchev–Trinajstić information content (AvgIpc) is 2.17. The van der Waals surface area contributed by atoms with E-state index in [0.717, 1.165) is 0 Å². The Bertz CT molecular complexity index is 366. The van der Waals surface area contributed by atoms with Gasteiger partial charge < -0.3 is 10.6 Å². The number of anilines is 2. The highest BCUT2D eigenvalue weighted by molar-refractivity contribution is 6.33. The van der Waals surface area contributed by atoms with Gasteiger partial charge in [0.05, 0.1) is 22.8 Å². The maximum atomic E-state index is 12.0. The molecule has 2 N–H and O–H groups in total. The van der Waals surface area contributed by atoms with Crippen LogP contribution in [0.4, 0.5) is 24.5 Å². The Morgan fingerprint density at radius 2 is 2.00 bits per heavy atom. The number of alkyl halides is 3. The van der Waals surface area contributed by atoms with Crippen molar-refractivity contribution >= 4 is 23.0 Å². The Morgan fingerprint density at radius 1 is 1.38 bits per heavy atom. The van der Waals surface area contributed by atoms with Crippen molar-refractivity contribution in [2.24, 2.45) is 0 Å². The summed E-state index contributed by atoms with van der Waals surface area (Å²) in [6.45, 7) is -0.145. The van der Waals surface area contributed by atoms with Gasteiger partial charge in [-0.2, -0.15) is 13.2 Å². The molecule has 90 valence electrons. The molecule has 6 heteroatoms. The van der Waals surface area contributed by atoms with Crippen LogP contribution in [-0.4, -0.2) is 19.8 Å². The van der Waals surface area contributed by atoms with Crippen LogP contribution in [0.2, 0.25) is 5.02 Å². The van der Waals surface area contributed by atoms with Crippen molar-refractivity contribution in [2.75, 3.05) is 24.2 Å². The van der Waals surface area contributed by atoms with Gasteiger partial charge in [0.2, 0.25) is 0 Å². The van der Waals surface area contributed by atoms with Crippen molar-refractivity contribution < 1.29 is 13.2 Å². The first-order valence-electron chi connectivity index (χ1n) is 4.63. The zero-order valence-electron chi connectivity index (χ0n) is 8.68. The van der Waals surface area contributed by atoms with E-state index in [0.29, 0.717) is 16.4 Å². The molecule has 1 aromatic carbocycles. The number of nitrogen functional groups attached to an aromatic ring is 1. The van der Waals surface area contributed by atoms with Gasteiger partial charge >= 0.3 is 6.18 Å². The molecule has 0 unspecified atom stereocenters. The lowest BCUT2D eigenvalue weighted by Gasteiger charge is -2.22. The van der Waals surface area contributed by atoms with E-state index in [1.165, 1.54) is 4.90 Å². The van der Waals surface area contributed by atoms with Gasteiger partial charge in [0.25, 0.3) is 0 Å². The molecule has 0 fully saturated rings. The van der Waals surface area contributed by atoms with Crippen LogP contribution in [0.3, 0.4) is 0 Å². The highest BCUT2D eigenvalue weighted by atomic mass is 35.5. The molecular weight excluding hydrogens is 241 g/mol. The third kappa shape index (κ3) is 3.48. The van der Waals surface area contributed by atoms with Gasteiger partial charge in [0.15, 0.2) is 0 Å².